The molecule has 0 aliphatic carbocycles. The Hall–Kier alpha value is -2.37. The fourth-order valence-electron chi connectivity index (χ4n) is 1.87. The van der Waals surface area contributed by atoms with Gasteiger partial charge in [0.2, 0.25) is 0 Å². The van der Waals surface area contributed by atoms with Crippen LogP contribution in [0.5, 0.6) is 0 Å². The summed E-state index contributed by atoms with van der Waals surface area (Å²) in [5.41, 5.74) is -0.204. The lowest BCUT2D eigenvalue weighted by atomic mass is 10.1. The standard InChI is InChI=1S/C18H25NO5/c1-12(2)15(19-17(22)24-18(3,4)5)16(21)23-11-14(20)13-9-7-6-8-10-13/h6-10,12,15H,11H2,1-5H3,(H,19,22)/t15-/m1/s1. The molecular formula is C18H25NO5. The fourth-order valence-corrected chi connectivity index (χ4v) is 1.87. The topological polar surface area (TPSA) is 81.7 Å². The van der Waals surface area contributed by atoms with E-state index < -0.39 is 23.7 Å². The molecular weight excluding hydrogens is 310 g/mol. The minimum Gasteiger partial charge on any atom is -0.456 e. The van der Waals surface area contributed by atoms with Crippen LogP contribution >= 0.6 is 0 Å². The van der Waals surface area contributed by atoms with E-state index in [1.54, 1.807) is 65.0 Å². The molecule has 6 nitrogen and oxygen atoms in total. The van der Waals surface area contributed by atoms with Crippen molar-refractivity contribution in [1.82, 2.24) is 5.32 Å². The lowest BCUT2D eigenvalue weighted by molar-refractivity contribution is -0.146. The molecule has 1 rings (SSSR count). The first kappa shape index (κ1) is 19.7. The predicted molar refractivity (Wildman–Crippen MR) is 89.7 cm³/mol. The van der Waals surface area contributed by atoms with E-state index in [2.05, 4.69) is 5.32 Å². The number of Topliss-reactive ketones (excluding diaryl/α,β-unsaturated/α-hetero) is 1. The molecule has 0 saturated carbocycles. The second kappa shape index (κ2) is 8.47. The van der Waals surface area contributed by atoms with Crippen LogP contribution in [0.4, 0.5) is 4.79 Å². The Morgan fingerprint density at radius 2 is 1.67 bits per heavy atom. The molecule has 0 unspecified atom stereocenters. The summed E-state index contributed by atoms with van der Waals surface area (Å²) in [5, 5.41) is 2.49. The van der Waals surface area contributed by atoms with Crippen LogP contribution in [0.2, 0.25) is 0 Å². The van der Waals surface area contributed by atoms with Crippen LogP contribution in [0, 0.1) is 5.92 Å². The van der Waals surface area contributed by atoms with Crippen LogP contribution in [0.15, 0.2) is 30.3 Å². The number of hydrogen-bond acceptors (Lipinski definition) is 5. The molecule has 0 saturated heterocycles. The maximum atomic E-state index is 12.2. The number of esters is 1. The van der Waals surface area contributed by atoms with Crippen LogP contribution in [0.3, 0.4) is 0 Å². The summed E-state index contributed by atoms with van der Waals surface area (Å²) in [6.07, 6.45) is -0.701. The number of alkyl carbamates (subject to hydrolysis) is 1. The largest absolute Gasteiger partial charge is 0.456 e. The number of ketones is 1. The second-order valence-corrected chi connectivity index (χ2v) is 6.76. The molecule has 0 heterocycles. The average molecular weight is 335 g/mol. The SMILES string of the molecule is CC(C)[C@@H](NC(=O)OC(C)(C)C)C(=O)OCC(=O)c1ccccc1. The van der Waals surface area contributed by atoms with Gasteiger partial charge in [-0.25, -0.2) is 9.59 Å². The van der Waals surface area contributed by atoms with E-state index in [0.717, 1.165) is 0 Å². The number of carbonyl (C=O) groups excluding carboxylic acids is 3. The smallest absolute Gasteiger partial charge is 0.408 e. The van der Waals surface area contributed by atoms with Gasteiger partial charge in [0.15, 0.2) is 12.4 Å². The van der Waals surface area contributed by atoms with Gasteiger partial charge in [0.25, 0.3) is 0 Å². The van der Waals surface area contributed by atoms with E-state index in [9.17, 15) is 14.4 Å². The Bertz CT molecular complexity index is 575. The molecule has 0 bridgehead atoms. The molecule has 0 fully saturated rings. The van der Waals surface area contributed by atoms with Crippen molar-refractivity contribution in [3.63, 3.8) is 0 Å². The van der Waals surface area contributed by atoms with Gasteiger partial charge in [-0.1, -0.05) is 44.2 Å². The summed E-state index contributed by atoms with van der Waals surface area (Å²) in [6.45, 7) is 8.35. The highest BCUT2D eigenvalue weighted by molar-refractivity contribution is 5.98. The van der Waals surface area contributed by atoms with Crippen molar-refractivity contribution in [2.24, 2.45) is 5.92 Å². The third-order valence-electron chi connectivity index (χ3n) is 3.03. The van der Waals surface area contributed by atoms with Crippen molar-refractivity contribution < 1.29 is 23.9 Å². The summed E-state index contributed by atoms with van der Waals surface area (Å²) < 4.78 is 10.2. The zero-order valence-electron chi connectivity index (χ0n) is 14.8. The van der Waals surface area contributed by atoms with Crippen LogP contribution in [0.25, 0.3) is 0 Å². The average Bonchev–Trinajstić information content (AvgIpc) is 2.48. The van der Waals surface area contributed by atoms with Gasteiger partial charge in [-0.15, -0.1) is 0 Å². The quantitative estimate of drug-likeness (QED) is 0.638. The normalized spacial score (nSPS) is 12.4. The number of carbonyl (C=O) groups is 3. The van der Waals surface area contributed by atoms with Gasteiger partial charge in [0, 0.05) is 5.56 Å². The first-order chi connectivity index (χ1) is 11.1. The summed E-state index contributed by atoms with van der Waals surface area (Å²) in [7, 11) is 0. The maximum absolute atomic E-state index is 12.2. The van der Waals surface area contributed by atoms with Crippen molar-refractivity contribution in [2.45, 2.75) is 46.3 Å². The monoisotopic (exact) mass is 335 g/mol. The number of amides is 1. The molecule has 0 aliphatic heterocycles. The van der Waals surface area contributed by atoms with Crippen molar-refractivity contribution in [3.8, 4) is 0 Å². The Labute approximate surface area is 142 Å². The van der Waals surface area contributed by atoms with E-state index >= 15 is 0 Å². The Morgan fingerprint density at radius 1 is 1.08 bits per heavy atom. The van der Waals surface area contributed by atoms with Gasteiger partial charge in [-0.05, 0) is 26.7 Å². The van der Waals surface area contributed by atoms with E-state index in [1.165, 1.54) is 0 Å². The Morgan fingerprint density at radius 3 is 2.17 bits per heavy atom. The zero-order chi connectivity index (χ0) is 18.3. The molecule has 0 spiro atoms. The summed E-state index contributed by atoms with van der Waals surface area (Å²) in [5.74, 6) is -1.18. The van der Waals surface area contributed by atoms with Crippen molar-refractivity contribution >= 4 is 17.8 Å². The fraction of sp³-hybridized carbons (Fsp3) is 0.500. The Kier molecular flexibility index (Phi) is 6.95. The number of rotatable bonds is 6. The molecule has 0 aliphatic rings. The van der Waals surface area contributed by atoms with E-state index in [1.807, 2.05) is 0 Å². The van der Waals surface area contributed by atoms with Crippen molar-refractivity contribution in [2.75, 3.05) is 6.61 Å². The molecule has 132 valence electrons. The van der Waals surface area contributed by atoms with Gasteiger partial charge in [-0.3, -0.25) is 4.79 Å². The molecule has 0 radical (unpaired) electrons. The molecule has 1 aromatic rings. The van der Waals surface area contributed by atoms with Gasteiger partial charge in [0.05, 0.1) is 0 Å². The number of ether oxygens (including phenoxy) is 2. The first-order valence-corrected chi connectivity index (χ1v) is 7.84. The minimum absolute atomic E-state index is 0.211. The third kappa shape index (κ3) is 6.81. The highest BCUT2D eigenvalue weighted by Gasteiger charge is 2.28. The lowest BCUT2D eigenvalue weighted by Gasteiger charge is -2.24. The molecule has 1 amide bonds. The minimum atomic E-state index is -0.886. The van der Waals surface area contributed by atoms with Crippen LogP contribution < -0.4 is 5.32 Å². The van der Waals surface area contributed by atoms with Crippen molar-refractivity contribution in [3.05, 3.63) is 35.9 Å². The van der Waals surface area contributed by atoms with Crippen LogP contribution in [-0.2, 0) is 14.3 Å². The lowest BCUT2D eigenvalue weighted by Crippen LogP contribution is -2.47. The molecule has 24 heavy (non-hydrogen) atoms. The molecule has 1 N–H and O–H groups in total. The van der Waals surface area contributed by atoms with Crippen LogP contribution in [-0.4, -0.2) is 36.1 Å². The molecule has 1 atom stereocenters. The number of nitrogens with one attached hydrogen (secondary N) is 1. The van der Waals surface area contributed by atoms with Crippen LogP contribution in [0.1, 0.15) is 45.0 Å². The zero-order valence-corrected chi connectivity index (χ0v) is 14.8. The van der Waals surface area contributed by atoms with Gasteiger partial charge in [0.1, 0.15) is 11.6 Å². The maximum Gasteiger partial charge on any atom is 0.408 e. The van der Waals surface area contributed by atoms with E-state index in [0.29, 0.717) is 5.56 Å². The highest BCUT2D eigenvalue weighted by Crippen LogP contribution is 2.10. The molecule has 1 aromatic carbocycles. The Balaban J connectivity index is 2.61. The van der Waals surface area contributed by atoms with E-state index in [-0.39, 0.29) is 18.3 Å². The predicted octanol–water partition coefficient (Wildman–Crippen LogP) is 2.96. The summed E-state index contributed by atoms with van der Waals surface area (Å²) >= 11 is 0. The van der Waals surface area contributed by atoms with Gasteiger partial charge in [-0.2, -0.15) is 0 Å². The van der Waals surface area contributed by atoms with E-state index in [4.69, 9.17) is 9.47 Å². The highest BCUT2D eigenvalue weighted by atomic mass is 16.6. The number of hydrogen-bond donors (Lipinski definition) is 1. The summed E-state index contributed by atoms with van der Waals surface area (Å²) in [6, 6.07) is 7.67. The van der Waals surface area contributed by atoms with Gasteiger partial charge >= 0.3 is 12.1 Å². The summed E-state index contributed by atoms with van der Waals surface area (Å²) in [4.78, 5) is 36.0. The second-order valence-electron chi connectivity index (χ2n) is 6.76. The molecule has 0 aromatic heterocycles. The van der Waals surface area contributed by atoms with Gasteiger partial charge < -0.3 is 14.8 Å². The van der Waals surface area contributed by atoms with Crippen molar-refractivity contribution in [1.29, 1.82) is 0 Å². The number of benzene rings is 1. The first-order valence-electron chi connectivity index (χ1n) is 7.84. The molecule has 6 heteroatoms. The third-order valence-corrected chi connectivity index (χ3v) is 3.03.